The fourth-order valence-electron chi connectivity index (χ4n) is 4.67. The average Bonchev–Trinajstić information content (AvgIpc) is 2.92. The summed E-state index contributed by atoms with van der Waals surface area (Å²) in [6.45, 7) is 3.62. The molecule has 1 unspecified atom stereocenters. The zero-order chi connectivity index (χ0) is 21.6. The van der Waals surface area contributed by atoms with Crippen molar-refractivity contribution in [3.8, 4) is 0 Å². The van der Waals surface area contributed by atoms with Crippen LogP contribution in [0.4, 0.5) is 0 Å². The van der Waals surface area contributed by atoms with Crippen LogP contribution < -0.4 is 0 Å². The van der Waals surface area contributed by atoms with Crippen molar-refractivity contribution in [1.82, 2.24) is 0 Å². The SMILES string of the molecule is CC(C)=C[C@H]1C(O)OC2(C(=O)c3ccccc3C2=O)[C@@H]([N+](=O)[O-])[C@@H]1c1ccccc1. The third-order valence-electron chi connectivity index (χ3n) is 5.84. The van der Waals surface area contributed by atoms with Crippen LogP contribution in [0.15, 0.2) is 66.2 Å². The molecule has 0 bridgehead atoms. The van der Waals surface area contributed by atoms with E-state index in [0.717, 1.165) is 5.57 Å². The Kier molecular flexibility index (Phi) is 4.88. The first-order chi connectivity index (χ1) is 14.3. The Bertz CT molecular complexity index is 1020. The third kappa shape index (κ3) is 2.81. The van der Waals surface area contributed by atoms with Crippen molar-refractivity contribution < 1.29 is 24.4 Å². The highest BCUT2D eigenvalue weighted by Crippen LogP contribution is 2.50. The predicted molar refractivity (Wildman–Crippen MR) is 108 cm³/mol. The molecule has 7 heteroatoms. The summed E-state index contributed by atoms with van der Waals surface area (Å²) in [7, 11) is 0. The number of hydrogen-bond acceptors (Lipinski definition) is 6. The molecule has 1 aliphatic carbocycles. The number of nitrogens with zero attached hydrogens (tertiary/aromatic N) is 1. The number of benzene rings is 2. The van der Waals surface area contributed by atoms with Gasteiger partial charge in [-0.3, -0.25) is 19.7 Å². The van der Waals surface area contributed by atoms with Crippen LogP contribution in [0.3, 0.4) is 0 Å². The lowest BCUT2D eigenvalue weighted by molar-refractivity contribution is -0.554. The van der Waals surface area contributed by atoms with E-state index in [1.165, 1.54) is 12.1 Å². The first-order valence-corrected chi connectivity index (χ1v) is 9.67. The second-order valence-electron chi connectivity index (χ2n) is 7.94. The second-order valence-corrected chi connectivity index (χ2v) is 7.94. The average molecular weight is 407 g/mol. The van der Waals surface area contributed by atoms with E-state index in [9.17, 15) is 24.8 Å². The van der Waals surface area contributed by atoms with E-state index in [1.807, 2.05) is 13.8 Å². The van der Waals surface area contributed by atoms with Gasteiger partial charge in [0.15, 0.2) is 6.29 Å². The third-order valence-corrected chi connectivity index (χ3v) is 5.84. The number of aliphatic hydroxyl groups is 1. The van der Waals surface area contributed by atoms with Crippen molar-refractivity contribution in [2.24, 2.45) is 5.92 Å². The molecule has 0 radical (unpaired) electrons. The molecular weight excluding hydrogens is 386 g/mol. The number of rotatable bonds is 3. The van der Waals surface area contributed by atoms with Crippen molar-refractivity contribution in [2.75, 3.05) is 0 Å². The van der Waals surface area contributed by atoms with E-state index in [-0.39, 0.29) is 11.1 Å². The second kappa shape index (κ2) is 7.27. The molecule has 0 amide bonds. The lowest BCUT2D eigenvalue weighted by atomic mass is 9.69. The summed E-state index contributed by atoms with van der Waals surface area (Å²) in [5.74, 6) is -3.30. The molecule has 154 valence electrons. The van der Waals surface area contributed by atoms with Gasteiger partial charge in [0.25, 0.3) is 11.6 Å². The molecule has 4 rings (SSSR count). The van der Waals surface area contributed by atoms with Gasteiger partial charge in [-0.15, -0.1) is 0 Å². The number of carbonyl (C=O) groups is 2. The summed E-state index contributed by atoms with van der Waals surface area (Å²) in [5.41, 5.74) is -0.865. The summed E-state index contributed by atoms with van der Waals surface area (Å²) < 4.78 is 5.65. The first-order valence-electron chi connectivity index (χ1n) is 9.67. The summed E-state index contributed by atoms with van der Waals surface area (Å²) in [4.78, 5) is 38.5. The van der Waals surface area contributed by atoms with Crippen LogP contribution in [0.1, 0.15) is 46.0 Å². The van der Waals surface area contributed by atoms with E-state index in [0.29, 0.717) is 5.56 Å². The number of hydrogen-bond donors (Lipinski definition) is 1. The van der Waals surface area contributed by atoms with Crippen LogP contribution in [-0.2, 0) is 4.74 Å². The van der Waals surface area contributed by atoms with E-state index < -0.39 is 46.3 Å². The monoisotopic (exact) mass is 407 g/mol. The number of Topliss-reactive ketones (excluding diaryl/α,β-unsaturated/α-hetero) is 2. The molecular formula is C23H21NO6. The minimum atomic E-state index is -2.40. The van der Waals surface area contributed by atoms with Crippen LogP contribution in [-0.4, -0.2) is 39.5 Å². The van der Waals surface area contributed by atoms with Gasteiger partial charge in [0, 0.05) is 22.0 Å². The highest BCUT2D eigenvalue weighted by molar-refractivity contribution is 6.32. The van der Waals surface area contributed by atoms with Crippen LogP contribution in [0.25, 0.3) is 0 Å². The topological polar surface area (TPSA) is 107 Å². The fourth-order valence-corrected chi connectivity index (χ4v) is 4.67. The highest BCUT2D eigenvalue weighted by Gasteiger charge is 2.71. The fraction of sp³-hybridized carbons (Fsp3) is 0.304. The molecule has 2 aromatic carbocycles. The van der Waals surface area contributed by atoms with Gasteiger partial charge in [-0.2, -0.15) is 0 Å². The molecule has 30 heavy (non-hydrogen) atoms. The Morgan fingerprint density at radius 2 is 1.57 bits per heavy atom. The Balaban J connectivity index is 1.97. The van der Waals surface area contributed by atoms with Gasteiger partial charge in [0.1, 0.15) is 0 Å². The molecule has 1 N–H and O–H groups in total. The van der Waals surface area contributed by atoms with Gasteiger partial charge in [0.2, 0.25) is 11.6 Å². The Hall–Kier alpha value is -3.16. The van der Waals surface area contributed by atoms with Gasteiger partial charge >= 0.3 is 0 Å². The normalized spacial score (nSPS) is 27.0. The van der Waals surface area contributed by atoms with Gasteiger partial charge in [-0.25, -0.2) is 0 Å². The van der Waals surface area contributed by atoms with Crippen LogP contribution in [0.2, 0.25) is 0 Å². The molecule has 2 aromatic rings. The molecule has 0 saturated carbocycles. The van der Waals surface area contributed by atoms with Gasteiger partial charge < -0.3 is 9.84 Å². The lowest BCUT2D eigenvalue weighted by Gasteiger charge is -2.44. The van der Waals surface area contributed by atoms with E-state index in [2.05, 4.69) is 0 Å². The largest absolute Gasteiger partial charge is 0.367 e. The molecule has 1 fully saturated rings. The van der Waals surface area contributed by atoms with Crippen molar-refractivity contribution in [3.05, 3.63) is 93.1 Å². The quantitative estimate of drug-likeness (QED) is 0.362. The van der Waals surface area contributed by atoms with Crippen LogP contribution >= 0.6 is 0 Å². The Morgan fingerprint density at radius 1 is 1.03 bits per heavy atom. The van der Waals surface area contributed by atoms with Crippen molar-refractivity contribution >= 4 is 11.6 Å². The van der Waals surface area contributed by atoms with E-state index in [1.54, 1.807) is 48.5 Å². The van der Waals surface area contributed by atoms with Crippen LogP contribution in [0, 0.1) is 16.0 Å². The molecule has 4 atom stereocenters. The maximum absolute atomic E-state index is 13.4. The number of allylic oxidation sites excluding steroid dienone is 1. The minimum absolute atomic E-state index is 0.0778. The molecule has 2 aliphatic rings. The number of aliphatic hydroxyl groups excluding tert-OH is 1. The lowest BCUT2D eigenvalue weighted by Crippen LogP contribution is -2.66. The van der Waals surface area contributed by atoms with Crippen molar-refractivity contribution in [2.45, 2.75) is 37.7 Å². The standard InChI is InChI=1S/C23H21NO6/c1-13(2)12-17-18(14-8-4-3-5-9-14)19(24(28)29)23(30-22(17)27)20(25)15-10-6-7-11-16(15)21(23)26/h3-12,17-19,22,27H,1-2H3/t17-,18-,19+,22?/m1/s1. The zero-order valence-electron chi connectivity index (χ0n) is 16.5. The maximum atomic E-state index is 13.4. The number of carbonyl (C=O) groups excluding carboxylic acids is 2. The highest BCUT2D eigenvalue weighted by atomic mass is 16.7. The summed E-state index contributed by atoms with van der Waals surface area (Å²) >= 11 is 0. The maximum Gasteiger partial charge on any atom is 0.264 e. The summed E-state index contributed by atoms with van der Waals surface area (Å²) in [6, 6.07) is 13.0. The predicted octanol–water partition coefficient (Wildman–Crippen LogP) is 3.16. The molecule has 1 heterocycles. The smallest absolute Gasteiger partial charge is 0.264 e. The zero-order valence-corrected chi connectivity index (χ0v) is 16.5. The number of ether oxygens (including phenoxy) is 1. The van der Waals surface area contributed by atoms with Crippen molar-refractivity contribution in [3.63, 3.8) is 0 Å². The van der Waals surface area contributed by atoms with Crippen LogP contribution in [0.5, 0.6) is 0 Å². The van der Waals surface area contributed by atoms with Gasteiger partial charge in [-0.05, 0) is 19.4 Å². The van der Waals surface area contributed by atoms with E-state index in [4.69, 9.17) is 4.74 Å². The van der Waals surface area contributed by atoms with Crippen molar-refractivity contribution in [1.29, 1.82) is 0 Å². The molecule has 1 aliphatic heterocycles. The van der Waals surface area contributed by atoms with Gasteiger partial charge in [0.05, 0.1) is 5.92 Å². The molecule has 7 nitrogen and oxygen atoms in total. The molecule has 1 spiro atoms. The molecule has 1 saturated heterocycles. The Labute approximate surface area is 173 Å². The first kappa shape index (κ1) is 20.1. The molecule has 0 aromatic heterocycles. The minimum Gasteiger partial charge on any atom is -0.367 e. The van der Waals surface area contributed by atoms with Gasteiger partial charge in [-0.1, -0.05) is 66.2 Å². The Morgan fingerprint density at radius 3 is 2.07 bits per heavy atom. The number of nitro groups is 1. The summed E-state index contributed by atoms with van der Waals surface area (Å²) in [5, 5.41) is 23.3. The summed E-state index contributed by atoms with van der Waals surface area (Å²) in [6.07, 6.45) is 0.131. The number of ketones is 2. The number of fused-ring (bicyclic) bond motifs is 1. The van der Waals surface area contributed by atoms with E-state index >= 15 is 0 Å².